The van der Waals surface area contributed by atoms with Gasteiger partial charge in [0.15, 0.2) is 6.19 Å². The number of aromatic nitrogens is 1. The van der Waals surface area contributed by atoms with Crippen molar-refractivity contribution < 1.29 is 10.0 Å². The Labute approximate surface area is 151 Å². The number of nitro groups is 1. The molecule has 1 aliphatic rings. The van der Waals surface area contributed by atoms with E-state index in [9.17, 15) is 20.5 Å². The van der Waals surface area contributed by atoms with Crippen molar-refractivity contribution in [3.8, 4) is 18.0 Å². The Kier molecular flexibility index (Phi) is 4.08. The molecule has 0 saturated carbocycles. The second-order valence-corrected chi connectivity index (χ2v) is 5.44. The second-order valence-electron chi connectivity index (χ2n) is 5.44. The number of pyridine rings is 1. The van der Waals surface area contributed by atoms with Gasteiger partial charge in [-0.05, 0) is 11.6 Å². The Balaban J connectivity index is 2.28. The van der Waals surface area contributed by atoms with Crippen molar-refractivity contribution in [2.45, 2.75) is 6.04 Å². The van der Waals surface area contributed by atoms with Gasteiger partial charge in [-0.25, -0.2) is 9.98 Å². The Morgan fingerprint density at radius 1 is 1.33 bits per heavy atom. The fourth-order valence-electron chi connectivity index (χ4n) is 2.70. The highest BCUT2D eigenvalue weighted by molar-refractivity contribution is 5.98. The van der Waals surface area contributed by atoms with Gasteiger partial charge < -0.3 is 21.9 Å². The van der Waals surface area contributed by atoms with Crippen LogP contribution in [0.4, 0.5) is 23.0 Å². The number of nitriles is 2. The van der Waals surface area contributed by atoms with Gasteiger partial charge in [0.2, 0.25) is 5.96 Å². The highest BCUT2D eigenvalue weighted by Crippen LogP contribution is 2.41. The molecule has 27 heavy (non-hydrogen) atoms. The first-order valence-corrected chi connectivity index (χ1v) is 7.33. The number of benzene rings is 1. The number of aromatic hydroxyl groups is 1. The van der Waals surface area contributed by atoms with E-state index in [-0.39, 0.29) is 51.4 Å². The molecule has 1 atom stereocenters. The van der Waals surface area contributed by atoms with Gasteiger partial charge >= 0.3 is 0 Å². The summed E-state index contributed by atoms with van der Waals surface area (Å²) >= 11 is 0. The number of anilines is 3. The molecule has 7 N–H and O–H groups in total. The fourth-order valence-corrected chi connectivity index (χ4v) is 2.70. The number of nitro benzene ring substituents is 1. The van der Waals surface area contributed by atoms with Crippen LogP contribution in [0.1, 0.15) is 22.7 Å². The minimum atomic E-state index is -0.983. The summed E-state index contributed by atoms with van der Waals surface area (Å²) in [5.74, 6) is -0.350. The van der Waals surface area contributed by atoms with Crippen molar-refractivity contribution in [2.75, 3.05) is 16.8 Å². The van der Waals surface area contributed by atoms with E-state index < -0.39 is 11.0 Å². The van der Waals surface area contributed by atoms with Crippen LogP contribution in [0.15, 0.2) is 23.2 Å². The first kappa shape index (κ1) is 17.2. The molecule has 3 rings (SSSR count). The van der Waals surface area contributed by atoms with Crippen LogP contribution in [0.5, 0.6) is 5.75 Å². The lowest BCUT2D eigenvalue weighted by Crippen LogP contribution is -2.32. The van der Waals surface area contributed by atoms with Gasteiger partial charge in [0.05, 0.1) is 16.7 Å². The van der Waals surface area contributed by atoms with Gasteiger partial charge in [-0.3, -0.25) is 15.4 Å². The Morgan fingerprint density at radius 3 is 2.70 bits per heavy atom. The number of aliphatic imine (C=N–C) groups is 1. The standard InChI is InChI=1S/C15H11N9O3/c16-4-9-11(18)10-12(6-1-7(24(26)27)3-8(25)2-6)21-15(20-5-17)23-14(10)22-13(9)19/h1-3,12,25H,(H6,18,19,20,21,22,23). The topological polar surface area (TPSA) is 212 Å². The third kappa shape index (κ3) is 2.94. The van der Waals surface area contributed by atoms with E-state index in [1.165, 1.54) is 12.1 Å². The number of nitrogens with one attached hydrogen (secondary N) is 2. The molecule has 134 valence electrons. The summed E-state index contributed by atoms with van der Waals surface area (Å²) in [6, 6.07) is 4.32. The van der Waals surface area contributed by atoms with Crippen molar-refractivity contribution >= 4 is 29.0 Å². The molecule has 0 aliphatic carbocycles. The van der Waals surface area contributed by atoms with E-state index in [2.05, 4.69) is 20.6 Å². The summed E-state index contributed by atoms with van der Waals surface area (Å²) < 4.78 is 0. The summed E-state index contributed by atoms with van der Waals surface area (Å²) in [6.07, 6.45) is 1.69. The van der Waals surface area contributed by atoms with Gasteiger partial charge in [-0.15, -0.1) is 0 Å². The zero-order chi connectivity index (χ0) is 19.7. The molecule has 12 nitrogen and oxygen atoms in total. The number of phenolic OH excluding ortho intramolecular Hbond substituents is 1. The quantitative estimate of drug-likeness (QED) is 0.217. The molecule has 2 heterocycles. The molecule has 0 amide bonds. The summed E-state index contributed by atoms with van der Waals surface area (Å²) in [7, 11) is 0. The van der Waals surface area contributed by atoms with Crippen LogP contribution in [0.3, 0.4) is 0 Å². The SMILES string of the molecule is N#CNC1=NC(c2cc(O)cc([N+](=O)[O-])c2)c2c(nc(N)c(C#N)c2N)N1. The van der Waals surface area contributed by atoms with Crippen LogP contribution in [0.25, 0.3) is 0 Å². The zero-order valence-corrected chi connectivity index (χ0v) is 13.5. The maximum absolute atomic E-state index is 11.1. The van der Waals surface area contributed by atoms with Gasteiger partial charge in [0, 0.05) is 11.6 Å². The molecule has 0 spiro atoms. The van der Waals surface area contributed by atoms with E-state index in [4.69, 9.17) is 16.7 Å². The predicted octanol–water partition coefficient (Wildman–Crippen LogP) is 0.673. The first-order chi connectivity index (χ1) is 12.8. The van der Waals surface area contributed by atoms with Gasteiger partial charge in [0.25, 0.3) is 5.69 Å². The minimum absolute atomic E-state index is 0.00277. The summed E-state index contributed by atoms with van der Waals surface area (Å²) in [5, 5.41) is 44.1. The molecule has 0 bridgehead atoms. The van der Waals surface area contributed by atoms with Crippen LogP contribution >= 0.6 is 0 Å². The Hall–Kier alpha value is -4.58. The lowest BCUT2D eigenvalue weighted by molar-refractivity contribution is -0.385. The third-order valence-electron chi connectivity index (χ3n) is 3.81. The van der Waals surface area contributed by atoms with Crippen LogP contribution in [-0.2, 0) is 0 Å². The summed E-state index contributed by atoms with van der Waals surface area (Å²) in [4.78, 5) is 18.8. The van der Waals surface area contributed by atoms with Crippen molar-refractivity contribution in [1.29, 1.82) is 10.5 Å². The number of hydrogen-bond donors (Lipinski definition) is 5. The molecule has 1 aromatic heterocycles. The Bertz CT molecular complexity index is 1080. The molecule has 1 unspecified atom stereocenters. The van der Waals surface area contributed by atoms with Gasteiger partial charge in [0.1, 0.15) is 35.1 Å². The molecule has 0 radical (unpaired) electrons. The van der Waals surface area contributed by atoms with Gasteiger partial charge in [-0.1, -0.05) is 0 Å². The number of fused-ring (bicyclic) bond motifs is 1. The van der Waals surface area contributed by atoms with Crippen LogP contribution in [0.2, 0.25) is 0 Å². The largest absolute Gasteiger partial charge is 0.508 e. The van der Waals surface area contributed by atoms with E-state index in [1.807, 2.05) is 6.07 Å². The molecular formula is C15H11N9O3. The number of non-ortho nitro benzene ring substituents is 1. The fraction of sp³-hybridized carbons (Fsp3) is 0.0667. The highest BCUT2D eigenvalue weighted by Gasteiger charge is 2.30. The normalized spacial score (nSPS) is 14.7. The van der Waals surface area contributed by atoms with Crippen molar-refractivity contribution in [3.63, 3.8) is 0 Å². The number of nitrogen functional groups attached to an aromatic ring is 2. The second kappa shape index (κ2) is 6.38. The first-order valence-electron chi connectivity index (χ1n) is 7.33. The smallest absolute Gasteiger partial charge is 0.273 e. The number of nitrogens with two attached hydrogens (primary N) is 2. The van der Waals surface area contributed by atoms with Gasteiger partial charge in [-0.2, -0.15) is 10.5 Å². The third-order valence-corrected chi connectivity index (χ3v) is 3.81. The lowest BCUT2D eigenvalue weighted by atomic mass is 9.94. The van der Waals surface area contributed by atoms with Crippen molar-refractivity contribution in [2.24, 2.45) is 4.99 Å². The van der Waals surface area contributed by atoms with E-state index in [1.54, 1.807) is 6.19 Å². The monoisotopic (exact) mass is 365 g/mol. The molecular weight excluding hydrogens is 354 g/mol. The maximum atomic E-state index is 11.1. The molecule has 12 heteroatoms. The molecule has 2 aromatic rings. The van der Waals surface area contributed by atoms with Crippen LogP contribution in [-0.4, -0.2) is 21.0 Å². The van der Waals surface area contributed by atoms with E-state index in [0.717, 1.165) is 6.07 Å². The van der Waals surface area contributed by atoms with E-state index in [0.29, 0.717) is 0 Å². The molecule has 0 fully saturated rings. The minimum Gasteiger partial charge on any atom is -0.508 e. The average molecular weight is 365 g/mol. The summed E-state index contributed by atoms with van der Waals surface area (Å²) in [6.45, 7) is 0. The molecule has 1 aromatic carbocycles. The summed E-state index contributed by atoms with van der Waals surface area (Å²) in [5.41, 5.74) is 11.8. The van der Waals surface area contributed by atoms with Crippen molar-refractivity contribution in [1.82, 2.24) is 10.3 Å². The highest BCUT2D eigenvalue weighted by atomic mass is 16.6. The number of nitrogens with zero attached hydrogens (tertiary/aromatic N) is 5. The molecule has 1 aliphatic heterocycles. The Morgan fingerprint density at radius 2 is 2.07 bits per heavy atom. The van der Waals surface area contributed by atoms with Crippen LogP contribution < -0.4 is 22.1 Å². The lowest BCUT2D eigenvalue weighted by Gasteiger charge is -2.26. The average Bonchev–Trinajstić information content (AvgIpc) is 2.61. The van der Waals surface area contributed by atoms with Crippen molar-refractivity contribution in [3.05, 3.63) is 45.0 Å². The van der Waals surface area contributed by atoms with E-state index >= 15 is 0 Å². The maximum Gasteiger partial charge on any atom is 0.273 e. The number of phenols is 1. The number of guanidine groups is 1. The predicted molar refractivity (Wildman–Crippen MR) is 94.2 cm³/mol. The molecule has 0 saturated heterocycles. The number of rotatable bonds is 2. The zero-order valence-electron chi connectivity index (χ0n) is 13.5. The number of hydrogen-bond acceptors (Lipinski definition) is 11. The van der Waals surface area contributed by atoms with Crippen LogP contribution in [0, 0.1) is 32.9 Å².